The number of hydrogen-bond donors (Lipinski definition) is 3. The summed E-state index contributed by atoms with van der Waals surface area (Å²) in [7, 11) is 0. The zero-order chi connectivity index (χ0) is 14.4. The predicted octanol–water partition coefficient (Wildman–Crippen LogP) is 1.46. The number of ether oxygens (including phenoxy) is 1. The minimum Gasteiger partial charge on any atom is -0.491 e. The van der Waals surface area contributed by atoms with E-state index in [1.54, 1.807) is 12.1 Å². The van der Waals surface area contributed by atoms with Crippen molar-refractivity contribution in [1.82, 2.24) is 5.32 Å². The molecule has 1 amide bonds. The molecule has 5 nitrogen and oxygen atoms in total. The van der Waals surface area contributed by atoms with Crippen molar-refractivity contribution >= 4 is 11.6 Å². The van der Waals surface area contributed by atoms with Gasteiger partial charge in [0.25, 0.3) is 0 Å². The van der Waals surface area contributed by atoms with Crippen LogP contribution in [0.15, 0.2) is 24.3 Å². The summed E-state index contributed by atoms with van der Waals surface area (Å²) in [4.78, 5) is 11.8. The van der Waals surface area contributed by atoms with Crippen molar-refractivity contribution in [3.8, 4) is 5.75 Å². The van der Waals surface area contributed by atoms with Gasteiger partial charge in [0, 0.05) is 6.04 Å². The number of nitrogens with one attached hydrogen (secondary N) is 1. The van der Waals surface area contributed by atoms with Crippen LogP contribution in [0.25, 0.3) is 0 Å². The van der Waals surface area contributed by atoms with Gasteiger partial charge in [0.05, 0.1) is 24.8 Å². The number of nitrogen functional groups attached to an aromatic ring is 1. The monoisotopic (exact) mass is 278 g/mol. The quantitative estimate of drug-likeness (QED) is 0.712. The summed E-state index contributed by atoms with van der Waals surface area (Å²) < 4.78 is 5.49. The van der Waals surface area contributed by atoms with E-state index in [0.29, 0.717) is 24.5 Å². The van der Waals surface area contributed by atoms with Gasteiger partial charge in [0.2, 0.25) is 5.91 Å². The lowest BCUT2D eigenvalue weighted by Gasteiger charge is -2.26. The number of aliphatic hydroxyl groups is 1. The second-order valence-corrected chi connectivity index (χ2v) is 5.21. The molecule has 4 N–H and O–H groups in total. The lowest BCUT2D eigenvalue weighted by Crippen LogP contribution is -2.39. The number of hydrogen-bond acceptors (Lipinski definition) is 4. The first-order chi connectivity index (χ1) is 9.65. The van der Waals surface area contributed by atoms with E-state index in [4.69, 9.17) is 10.5 Å². The van der Waals surface area contributed by atoms with Crippen LogP contribution in [0.1, 0.15) is 32.1 Å². The Morgan fingerprint density at radius 2 is 2.00 bits per heavy atom. The van der Waals surface area contributed by atoms with E-state index in [0.717, 1.165) is 25.7 Å². The zero-order valence-electron chi connectivity index (χ0n) is 11.5. The van der Waals surface area contributed by atoms with Crippen LogP contribution >= 0.6 is 0 Å². The fourth-order valence-electron chi connectivity index (χ4n) is 2.39. The summed E-state index contributed by atoms with van der Waals surface area (Å²) in [6.07, 6.45) is 3.34. The minimum absolute atomic E-state index is 0.0131. The highest BCUT2D eigenvalue weighted by Crippen LogP contribution is 2.20. The SMILES string of the molecule is Nc1ccccc1OCCC(=O)NC1CCC(O)CC1. The number of nitrogens with two attached hydrogens (primary N) is 1. The Kier molecular flexibility index (Phi) is 5.24. The zero-order valence-corrected chi connectivity index (χ0v) is 11.5. The van der Waals surface area contributed by atoms with Crippen molar-refractivity contribution in [3.63, 3.8) is 0 Å². The van der Waals surface area contributed by atoms with Crippen LogP contribution in [0.2, 0.25) is 0 Å². The minimum atomic E-state index is -0.201. The van der Waals surface area contributed by atoms with E-state index in [1.165, 1.54) is 0 Å². The molecule has 2 rings (SSSR count). The highest BCUT2D eigenvalue weighted by atomic mass is 16.5. The first-order valence-corrected chi connectivity index (χ1v) is 7.10. The Morgan fingerprint density at radius 1 is 1.30 bits per heavy atom. The highest BCUT2D eigenvalue weighted by molar-refractivity contribution is 5.76. The van der Waals surface area contributed by atoms with Crippen LogP contribution in [0.5, 0.6) is 5.75 Å². The van der Waals surface area contributed by atoms with E-state index >= 15 is 0 Å². The molecular weight excluding hydrogens is 256 g/mol. The Balaban J connectivity index is 1.67. The maximum Gasteiger partial charge on any atom is 0.223 e. The van der Waals surface area contributed by atoms with Crippen LogP contribution in [0.4, 0.5) is 5.69 Å². The number of anilines is 1. The summed E-state index contributed by atoms with van der Waals surface area (Å²) in [5.74, 6) is 0.599. The van der Waals surface area contributed by atoms with E-state index in [1.807, 2.05) is 12.1 Å². The average Bonchev–Trinajstić information content (AvgIpc) is 2.43. The van der Waals surface area contributed by atoms with Crippen LogP contribution in [-0.4, -0.2) is 29.8 Å². The fraction of sp³-hybridized carbons (Fsp3) is 0.533. The van der Waals surface area contributed by atoms with Gasteiger partial charge in [-0.05, 0) is 37.8 Å². The van der Waals surface area contributed by atoms with Crippen LogP contribution in [-0.2, 0) is 4.79 Å². The molecule has 0 aromatic heterocycles. The number of amides is 1. The number of carbonyl (C=O) groups is 1. The topological polar surface area (TPSA) is 84.6 Å². The average molecular weight is 278 g/mol. The Labute approximate surface area is 119 Å². The van der Waals surface area contributed by atoms with Gasteiger partial charge in [-0.2, -0.15) is 0 Å². The molecule has 1 aliphatic rings. The number of para-hydroxylation sites is 2. The van der Waals surface area contributed by atoms with Crippen molar-refractivity contribution in [1.29, 1.82) is 0 Å². The van der Waals surface area contributed by atoms with E-state index in [9.17, 15) is 9.90 Å². The van der Waals surface area contributed by atoms with Crippen molar-refractivity contribution < 1.29 is 14.6 Å². The highest BCUT2D eigenvalue weighted by Gasteiger charge is 2.20. The first kappa shape index (κ1) is 14.7. The molecule has 20 heavy (non-hydrogen) atoms. The van der Waals surface area contributed by atoms with Gasteiger partial charge in [-0.15, -0.1) is 0 Å². The normalized spacial score (nSPS) is 22.2. The van der Waals surface area contributed by atoms with Gasteiger partial charge >= 0.3 is 0 Å². The van der Waals surface area contributed by atoms with Crippen LogP contribution in [0.3, 0.4) is 0 Å². The van der Waals surface area contributed by atoms with Gasteiger partial charge in [-0.3, -0.25) is 4.79 Å². The molecule has 0 aliphatic heterocycles. The molecule has 0 unspecified atom stereocenters. The molecule has 110 valence electrons. The maximum atomic E-state index is 11.8. The Bertz CT molecular complexity index is 442. The third-order valence-electron chi connectivity index (χ3n) is 3.57. The van der Waals surface area contributed by atoms with E-state index in [2.05, 4.69) is 5.32 Å². The standard InChI is InChI=1S/C15H22N2O3/c16-13-3-1-2-4-14(13)20-10-9-15(19)17-11-5-7-12(18)8-6-11/h1-4,11-12,18H,5-10,16H2,(H,17,19). The molecule has 0 spiro atoms. The van der Waals surface area contributed by atoms with Gasteiger partial charge in [-0.25, -0.2) is 0 Å². The van der Waals surface area contributed by atoms with Crippen molar-refractivity contribution in [2.24, 2.45) is 0 Å². The van der Waals surface area contributed by atoms with Gasteiger partial charge < -0.3 is 20.9 Å². The van der Waals surface area contributed by atoms with Gasteiger partial charge in [0.15, 0.2) is 0 Å². The van der Waals surface area contributed by atoms with Gasteiger partial charge in [-0.1, -0.05) is 12.1 Å². The number of carbonyl (C=O) groups excluding carboxylic acids is 1. The Morgan fingerprint density at radius 3 is 2.70 bits per heavy atom. The lowest BCUT2D eigenvalue weighted by molar-refractivity contribution is -0.122. The largest absolute Gasteiger partial charge is 0.491 e. The molecule has 1 aliphatic carbocycles. The lowest BCUT2D eigenvalue weighted by atomic mass is 9.93. The molecule has 0 atom stereocenters. The molecule has 0 bridgehead atoms. The van der Waals surface area contributed by atoms with E-state index < -0.39 is 0 Å². The summed E-state index contributed by atoms with van der Waals surface area (Å²) in [5.41, 5.74) is 6.33. The van der Waals surface area contributed by atoms with Gasteiger partial charge in [0.1, 0.15) is 5.75 Å². The first-order valence-electron chi connectivity index (χ1n) is 7.10. The third-order valence-corrected chi connectivity index (χ3v) is 3.57. The summed E-state index contributed by atoms with van der Waals surface area (Å²) >= 11 is 0. The molecule has 0 saturated heterocycles. The summed E-state index contributed by atoms with van der Waals surface area (Å²) in [6.45, 7) is 0.315. The number of benzene rings is 1. The molecule has 5 heteroatoms. The molecule has 0 heterocycles. The van der Waals surface area contributed by atoms with Crippen molar-refractivity contribution in [2.45, 2.75) is 44.2 Å². The number of rotatable bonds is 5. The number of aliphatic hydroxyl groups excluding tert-OH is 1. The van der Waals surface area contributed by atoms with E-state index in [-0.39, 0.29) is 18.1 Å². The molecule has 1 fully saturated rings. The molecular formula is C15H22N2O3. The third kappa shape index (κ3) is 4.42. The van der Waals surface area contributed by atoms with Crippen LogP contribution < -0.4 is 15.8 Å². The fourth-order valence-corrected chi connectivity index (χ4v) is 2.39. The maximum absolute atomic E-state index is 11.8. The summed E-state index contributed by atoms with van der Waals surface area (Å²) in [5, 5.41) is 12.4. The van der Waals surface area contributed by atoms with Crippen molar-refractivity contribution in [3.05, 3.63) is 24.3 Å². The second kappa shape index (κ2) is 7.14. The molecule has 0 radical (unpaired) electrons. The molecule has 1 aromatic rings. The predicted molar refractivity (Wildman–Crippen MR) is 77.4 cm³/mol. The molecule has 1 saturated carbocycles. The summed E-state index contributed by atoms with van der Waals surface area (Å²) in [6, 6.07) is 7.43. The second-order valence-electron chi connectivity index (χ2n) is 5.21. The smallest absolute Gasteiger partial charge is 0.223 e. The van der Waals surface area contributed by atoms with Crippen LogP contribution in [0, 0.1) is 0 Å². The molecule has 1 aromatic carbocycles. The van der Waals surface area contributed by atoms with Crippen molar-refractivity contribution in [2.75, 3.05) is 12.3 Å². The Hall–Kier alpha value is -1.75.